The number of nitrogens with zero attached hydrogens (tertiary/aromatic N) is 2. The van der Waals surface area contributed by atoms with E-state index >= 15 is 0 Å². The number of hydrogen-bond donors (Lipinski definition) is 0. The maximum absolute atomic E-state index is 12.4. The second-order valence-electron chi connectivity index (χ2n) is 4.93. The first-order valence-electron chi connectivity index (χ1n) is 6.94. The van der Waals surface area contributed by atoms with Gasteiger partial charge in [0.15, 0.2) is 0 Å². The van der Waals surface area contributed by atoms with Crippen LogP contribution in [0.2, 0.25) is 5.02 Å². The molecule has 0 aromatic heterocycles. The molecule has 1 fully saturated rings. The van der Waals surface area contributed by atoms with Crippen LogP contribution in [-0.4, -0.2) is 47.8 Å². The zero-order valence-corrected chi connectivity index (χ0v) is 12.4. The highest BCUT2D eigenvalue weighted by Crippen LogP contribution is 2.13. The van der Waals surface area contributed by atoms with Crippen LogP contribution in [0, 0.1) is 0 Å². The van der Waals surface area contributed by atoms with E-state index in [1.807, 2.05) is 4.90 Å². The fourth-order valence-corrected chi connectivity index (χ4v) is 2.48. The molecule has 0 atom stereocenters. The van der Waals surface area contributed by atoms with E-state index in [2.05, 4.69) is 6.92 Å². The molecular formula is C15H19ClN2O2. The van der Waals surface area contributed by atoms with Crippen LogP contribution in [-0.2, 0) is 4.79 Å². The van der Waals surface area contributed by atoms with E-state index in [0.717, 1.165) is 13.0 Å². The van der Waals surface area contributed by atoms with E-state index in [4.69, 9.17) is 11.6 Å². The van der Waals surface area contributed by atoms with Crippen molar-refractivity contribution in [2.24, 2.45) is 0 Å². The molecule has 2 rings (SSSR count). The van der Waals surface area contributed by atoms with Gasteiger partial charge in [-0.3, -0.25) is 9.59 Å². The van der Waals surface area contributed by atoms with Gasteiger partial charge in [0.25, 0.3) is 5.91 Å². The van der Waals surface area contributed by atoms with Crippen LogP contribution >= 0.6 is 11.6 Å². The lowest BCUT2D eigenvalue weighted by Gasteiger charge is -2.22. The van der Waals surface area contributed by atoms with Crippen molar-refractivity contribution >= 4 is 23.4 Å². The zero-order valence-electron chi connectivity index (χ0n) is 11.6. The summed E-state index contributed by atoms with van der Waals surface area (Å²) in [7, 11) is 0. The normalized spacial score (nSPS) is 16.2. The van der Waals surface area contributed by atoms with Gasteiger partial charge in [0.05, 0.1) is 0 Å². The predicted octanol–water partition coefficient (Wildman–Crippen LogP) is 2.42. The van der Waals surface area contributed by atoms with Crippen LogP contribution in [0.5, 0.6) is 0 Å². The minimum absolute atomic E-state index is 0.0344. The Balaban J connectivity index is 2.04. The number of rotatable bonds is 3. The highest BCUT2D eigenvalue weighted by Gasteiger charge is 2.23. The number of carbonyl (C=O) groups excluding carboxylic acids is 2. The average molecular weight is 295 g/mol. The van der Waals surface area contributed by atoms with Crippen molar-refractivity contribution in [2.75, 3.05) is 26.2 Å². The molecule has 0 unspecified atom stereocenters. The molecule has 1 aromatic rings. The summed E-state index contributed by atoms with van der Waals surface area (Å²) in [5.74, 6) is 0.103. The zero-order chi connectivity index (χ0) is 14.5. The summed E-state index contributed by atoms with van der Waals surface area (Å²) in [5.41, 5.74) is 0.616. The van der Waals surface area contributed by atoms with Gasteiger partial charge in [0.2, 0.25) is 5.91 Å². The number of amides is 2. The Morgan fingerprint density at radius 1 is 1.20 bits per heavy atom. The molecule has 0 aliphatic carbocycles. The van der Waals surface area contributed by atoms with Crippen molar-refractivity contribution in [2.45, 2.75) is 19.8 Å². The molecule has 5 heteroatoms. The van der Waals surface area contributed by atoms with Crippen molar-refractivity contribution in [1.82, 2.24) is 9.80 Å². The molecule has 4 nitrogen and oxygen atoms in total. The lowest BCUT2D eigenvalue weighted by Crippen LogP contribution is -2.36. The van der Waals surface area contributed by atoms with E-state index in [-0.39, 0.29) is 11.8 Å². The Hall–Kier alpha value is -1.55. The molecule has 0 saturated carbocycles. The molecule has 0 spiro atoms. The topological polar surface area (TPSA) is 40.6 Å². The third kappa shape index (κ3) is 3.51. The summed E-state index contributed by atoms with van der Waals surface area (Å²) >= 11 is 5.83. The first-order valence-corrected chi connectivity index (χ1v) is 7.32. The summed E-state index contributed by atoms with van der Waals surface area (Å²) in [6, 6.07) is 6.87. The third-order valence-electron chi connectivity index (χ3n) is 3.46. The Kier molecular flexibility index (Phi) is 5.01. The van der Waals surface area contributed by atoms with Crippen molar-refractivity contribution in [3.63, 3.8) is 0 Å². The molecule has 1 aromatic carbocycles. The largest absolute Gasteiger partial charge is 0.341 e. The van der Waals surface area contributed by atoms with E-state index in [1.54, 1.807) is 29.2 Å². The Morgan fingerprint density at radius 2 is 1.90 bits per heavy atom. The molecule has 1 saturated heterocycles. The van der Waals surface area contributed by atoms with Gasteiger partial charge in [-0.1, -0.05) is 18.5 Å². The molecule has 2 amide bonds. The fraction of sp³-hybridized carbons (Fsp3) is 0.467. The second-order valence-corrected chi connectivity index (χ2v) is 5.37. The van der Waals surface area contributed by atoms with Gasteiger partial charge in [0.1, 0.15) is 0 Å². The Morgan fingerprint density at radius 3 is 2.55 bits per heavy atom. The quantitative estimate of drug-likeness (QED) is 0.859. The van der Waals surface area contributed by atoms with Crippen LogP contribution in [0.15, 0.2) is 24.3 Å². The van der Waals surface area contributed by atoms with Gasteiger partial charge in [-0.2, -0.15) is 0 Å². The van der Waals surface area contributed by atoms with Crippen molar-refractivity contribution in [3.8, 4) is 0 Å². The summed E-state index contributed by atoms with van der Waals surface area (Å²) < 4.78 is 0. The lowest BCUT2D eigenvalue weighted by molar-refractivity contribution is -0.130. The average Bonchev–Trinajstić information content (AvgIpc) is 2.63. The third-order valence-corrected chi connectivity index (χ3v) is 3.71. The van der Waals surface area contributed by atoms with Crippen LogP contribution in [0.3, 0.4) is 0 Å². The minimum atomic E-state index is -0.0344. The van der Waals surface area contributed by atoms with Crippen molar-refractivity contribution in [3.05, 3.63) is 34.9 Å². The molecule has 20 heavy (non-hydrogen) atoms. The van der Waals surface area contributed by atoms with Crippen LogP contribution < -0.4 is 0 Å². The first kappa shape index (κ1) is 14.9. The smallest absolute Gasteiger partial charge is 0.253 e. The van der Waals surface area contributed by atoms with Crippen LogP contribution in [0.1, 0.15) is 30.1 Å². The molecule has 0 radical (unpaired) electrons. The standard InChI is InChI=1S/C15H19ClN2O2/c1-2-8-17-10-11-18(9-7-14(17)19)15(20)12-3-5-13(16)6-4-12/h3-6H,2,7-11H2,1H3. The van der Waals surface area contributed by atoms with Crippen LogP contribution in [0.25, 0.3) is 0 Å². The number of carbonyl (C=O) groups is 2. The second kappa shape index (κ2) is 6.75. The monoisotopic (exact) mass is 294 g/mol. The highest BCUT2D eigenvalue weighted by molar-refractivity contribution is 6.30. The summed E-state index contributed by atoms with van der Waals surface area (Å²) in [4.78, 5) is 27.9. The SMILES string of the molecule is CCCN1CCN(C(=O)c2ccc(Cl)cc2)CCC1=O. The number of halogens is 1. The fourth-order valence-electron chi connectivity index (χ4n) is 2.35. The van der Waals surface area contributed by atoms with E-state index in [1.165, 1.54) is 0 Å². The van der Waals surface area contributed by atoms with Gasteiger partial charge in [0, 0.05) is 43.2 Å². The molecule has 1 heterocycles. The first-order chi connectivity index (χ1) is 9.61. The van der Waals surface area contributed by atoms with Gasteiger partial charge in [-0.25, -0.2) is 0 Å². The predicted molar refractivity (Wildman–Crippen MR) is 78.8 cm³/mol. The molecule has 1 aliphatic rings. The Labute approximate surface area is 124 Å². The van der Waals surface area contributed by atoms with Gasteiger partial charge in [-0.05, 0) is 30.7 Å². The minimum Gasteiger partial charge on any atom is -0.341 e. The van der Waals surface area contributed by atoms with E-state index < -0.39 is 0 Å². The lowest BCUT2D eigenvalue weighted by atomic mass is 10.2. The van der Waals surface area contributed by atoms with Crippen LogP contribution in [0.4, 0.5) is 0 Å². The summed E-state index contributed by atoms with van der Waals surface area (Å²) in [6.45, 7) is 4.51. The summed E-state index contributed by atoms with van der Waals surface area (Å²) in [5, 5.41) is 0.613. The molecular weight excluding hydrogens is 276 g/mol. The van der Waals surface area contributed by atoms with Gasteiger partial charge in [-0.15, -0.1) is 0 Å². The number of hydrogen-bond acceptors (Lipinski definition) is 2. The number of benzene rings is 1. The van der Waals surface area contributed by atoms with Crippen molar-refractivity contribution < 1.29 is 9.59 Å². The summed E-state index contributed by atoms with van der Waals surface area (Å²) in [6.07, 6.45) is 1.34. The Bertz CT molecular complexity index is 487. The maximum atomic E-state index is 12.4. The van der Waals surface area contributed by atoms with Gasteiger partial charge < -0.3 is 9.80 Å². The van der Waals surface area contributed by atoms with E-state index in [9.17, 15) is 9.59 Å². The molecule has 1 aliphatic heterocycles. The molecule has 108 valence electrons. The van der Waals surface area contributed by atoms with Gasteiger partial charge >= 0.3 is 0 Å². The maximum Gasteiger partial charge on any atom is 0.253 e. The van der Waals surface area contributed by atoms with E-state index in [0.29, 0.717) is 36.6 Å². The molecule has 0 bridgehead atoms. The van der Waals surface area contributed by atoms with Crippen molar-refractivity contribution in [1.29, 1.82) is 0 Å². The molecule has 0 N–H and O–H groups in total. The highest BCUT2D eigenvalue weighted by atomic mass is 35.5.